The molecule has 0 spiro atoms. The molecule has 0 radical (unpaired) electrons. The normalized spacial score (nSPS) is 39.6. The van der Waals surface area contributed by atoms with E-state index in [1.165, 1.54) is 26.2 Å². The lowest BCUT2D eigenvalue weighted by molar-refractivity contribution is -0.158. The van der Waals surface area contributed by atoms with E-state index in [0.717, 1.165) is 25.2 Å². The van der Waals surface area contributed by atoms with Gasteiger partial charge < -0.3 is 4.74 Å². The minimum absolute atomic E-state index is 0.0330. The van der Waals surface area contributed by atoms with Crippen LogP contribution in [0.3, 0.4) is 0 Å². The maximum Gasteiger partial charge on any atom is 0.303 e. The molecule has 0 amide bonds. The maximum absolute atomic E-state index is 10.9. The summed E-state index contributed by atoms with van der Waals surface area (Å²) in [5, 5.41) is 0. The molecule has 2 fully saturated rings. The summed E-state index contributed by atoms with van der Waals surface area (Å²) in [4.78, 5) is 10.9. The highest BCUT2D eigenvalue weighted by molar-refractivity contribution is 5.66. The molecule has 2 rings (SSSR count). The molecule has 2 aliphatic rings. The van der Waals surface area contributed by atoms with Crippen molar-refractivity contribution < 1.29 is 9.53 Å². The molecule has 0 saturated heterocycles. The van der Waals surface area contributed by atoms with Gasteiger partial charge in [-0.25, -0.2) is 0 Å². The molecule has 2 saturated carbocycles. The Labute approximate surface area is 73.3 Å². The Morgan fingerprint density at radius 3 is 3.00 bits per heavy atom. The molecule has 2 aliphatic carbocycles. The topological polar surface area (TPSA) is 26.3 Å². The zero-order valence-electron chi connectivity index (χ0n) is 7.64. The van der Waals surface area contributed by atoms with Gasteiger partial charge in [0.15, 0.2) is 0 Å². The van der Waals surface area contributed by atoms with Gasteiger partial charge in [-0.15, -0.1) is 0 Å². The number of hydrogen-bond donors (Lipinski definition) is 0. The number of carbonyl (C=O) groups is 1. The minimum atomic E-state index is -0.0995. The molecule has 0 aromatic carbocycles. The number of rotatable bonds is 1. The van der Waals surface area contributed by atoms with Gasteiger partial charge in [0.1, 0.15) is 5.60 Å². The lowest BCUT2D eigenvalue weighted by Gasteiger charge is -2.32. The first-order chi connectivity index (χ1) is 5.70. The number of ether oxygens (including phenoxy) is 1. The molecule has 0 heterocycles. The summed E-state index contributed by atoms with van der Waals surface area (Å²) < 4.78 is 5.43. The zero-order chi connectivity index (χ0) is 8.60. The van der Waals surface area contributed by atoms with Crippen molar-refractivity contribution >= 4 is 5.97 Å². The Hall–Kier alpha value is -0.530. The van der Waals surface area contributed by atoms with Crippen LogP contribution < -0.4 is 0 Å². The second kappa shape index (κ2) is 2.75. The summed E-state index contributed by atoms with van der Waals surface area (Å²) in [5.41, 5.74) is -0.0330. The fourth-order valence-corrected chi connectivity index (χ4v) is 2.83. The van der Waals surface area contributed by atoms with Gasteiger partial charge in [0.05, 0.1) is 0 Å². The highest BCUT2D eigenvalue weighted by Crippen LogP contribution is 2.47. The van der Waals surface area contributed by atoms with Crippen molar-refractivity contribution in [1.29, 1.82) is 0 Å². The van der Waals surface area contributed by atoms with Crippen LogP contribution in [0.25, 0.3) is 0 Å². The molecular formula is C10H16O2. The lowest BCUT2D eigenvalue weighted by Crippen LogP contribution is -2.33. The molecule has 0 aromatic rings. The van der Waals surface area contributed by atoms with E-state index < -0.39 is 0 Å². The Morgan fingerprint density at radius 1 is 1.42 bits per heavy atom. The summed E-state index contributed by atoms with van der Waals surface area (Å²) >= 11 is 0. The smallest absolute Gasteiger partial charge is 0.303 e. The summed E-state index contributed by atoms with van der Waals surface area (Å²) in [6.45, 7) is 1.52. The third-order valence-corrected chi connectivity index (χ3v) is 3.27. The van der Waals surface area contributed by atoms with Crippen molar-refractivity contribution in [2.75, 3.05) is 0 Å². The van der Waals surface area contributed by atoms with E-state index in [0.29, 0.717) is 0 Å². The summed E-state index contributed by atoms with van der Waals surface area (Å²) in [5.74, 6) is 0.746. The lowest BCUT2D eigenvalue weighted by atomic mass is 9.85. The molecule has 12 heavy (non-hydrogen) atoms. The van der Waals surface area contributed by atoms with Crippen LogP contribution in [0.15, 0.2) is 0 Å². The Bertz CT molecular complexity index is 196. The number of carbonyl (C=O) groups excluding carboxylic acids is 1. The average Bonchev–Trinajstić information content (AvgIpc) is 2.25. The van der Waals surface area contributed by atoms with Crippen molar-refractivity contribution in [3.63, 3.8) is 0 Å². The second-order valence-electron chi connectivity index (χ2n) is 4.28. The summed E-state index contributed by atoms with van der Waals surface area (Å²) in [6, 6.07) is 0. The fraction of sp³-hybridized carbons (Fsp3) is 0.900. The van der Waals surface area contributed by atoms with Crippen LogP contribution in [-0.2, 0) is 9.53 Å². The van der Waals surface area contributed by atoms with E-state index in [4.69, 9.17) is 4.74 Å². The standard InChI is InChI=1S/C10H16O2/c1-8(11)12-10-5-2-3-9(7-10)4-6-10/h9H,2-7H2,1H3. The SMILES string of the molecule is CC(=O)OC12CCCC(CC1)C2. The van der Waals surface area contributed by atoms with Crippen molar-refractivity contribution in [3.05, 3.63) is 0 Å². The minimum Gasteiger partial charge on any atom is -0.459 e. The van der Waals surface area contributed by atoms with Crippen LogP contribution in [0.1, 0.15) is 45.4 Å². The predicted octanol–water partition coefficient (Wildman–Crippen LogP) is 2.27. The number of esters is 1. The van der Waals surface area contributed by atoms with Crippen LogP contribution in [0, 0.1) is 5.92 Å². The van der Waals surface area contributed by atoms with Gasteiger partial charge in [-0.05, 0) is 38.0 Å². The third-order valence-electron chi connectivity index (χ3n) is 3.27. The monoisotopic (exact) mass is 168 g/mol. The average molecular weight is 168 g/mol. The molecule has 0 aromatic heterocycles. The molecule has 68 valence electrons. The predicted molar refractivity (Wildman–Crippen MR) is 45.7 cm³/mol. The van der Waals surface area contributed by atoms with E-state index in [1.807, 2.05) is 0 Å². The first kappa shape index (κ1) is 8.09. The third kappa shape index (κ3) is 1.35. The van der Waals surface area contributed by atoms with Crippen LogP contribution in [0.5, 0.6) is 0 Å². The van der Waals surface area contributed by atoms with Gasteiger partial charge in [-0.2, -0.15) is 0 Å². The molecule has 0 aliphatic heterocycles. The number of fused-ring (bicyclic) bond motifs is 2. The van der Waals surface area contributed by atoms with Gasteiger partial charge >= 0.3 is 5.97 Å². The van der Waals surface area contributed by atoms with E-state index in [2.05, 4.69) is 0 Å². The quantitative estimate of drug-likeness (QED) is 0.561. The molecular weight excluding hydrogens is 152 g/mol. The Morgan fingerprint density at radius 2 is 2.25 bits per heavy atom. The molecule has 2 nitrogen and oxygen atoms in total. The van der Waals surface area contributed by atoms with Gasteiger partial charge in [0.2, 0.25) is 0 Å². The molecule has 2 bridgehead atoms. The van der Waals surface area contributed by atoms with E-state index in [-0.39, 0.29) is 11.6 Å². The van der Waals surface area contributed by atoms with E-state index in [9.17, 15) is 4.79 Å². The van der Waals surface area contributed by atoms with Crippen molar-refractivity contribution in [3.8, 4) is 0 Å². The van der Waals surface area contributed by atoms with Crippen LogP contribution in [0.2, 0.25) is 0 Å². The van der Waals surface area contributed by atoms with Crippen molar-refractivity contribution in [2.45, 2.75) is 51.0 Å². The Balaban J connectivity index is 2.05. The molecule has 2 atom stereocenters. The Kier molecular flexibility index (Phi) is 1.85. The first-order valence-corrected chi connectivity index (χ1v) is 4.90. The highest BCUT2D eigenvalue weighted by Gasteiger charge is 2.44. The van der Waals surface area contributed by atoms with Crippen molar-refractivity contribution in [1.82, 2.24) is 0 Å². The molecule has 2 unspecified atom stereocenters. The van der Waals surface area contributed by atoms with E-state index in [1.54, 1.807) is 0 Å². The van der Waals surface area contributed by atoms with Gasteiger partial charge in [0, 0.05) is 6.92 Å². The summed E-state index contributed by atoms with van der Waals surface area (Å²) in [6.07, 6.45) is 7.21. The van der Waals surface area contributed by atoms with Crippen LogP contribution in [-0.4, -0.2) is 11.6 Å². The molecule has 2 heteroatoms. The zero-order valence-corrected chi connectivity index (χ0v) is 7.64. The molecule has 0 N–H and O–H groups in total. The van der Waals surface area contributed by atoms with Crippen LogP contribution in [0.4, 0.5) is 0 Å². The maximum atomic E-state index is 10.9. The van der Waals surface area contributed by atoms with Gasteiger partial charge in [0.25, 0.3) is 0 Å². The number of hydrogen-bond acceptors (Lipinski definition) is 2. The first-order valence-electron chi connectivity index (χ1n) is 4.90. The van der Waals surface area contributed by atoms with Crippen LogP contribution >= 0.6 is 0 Å². The summed E-state index contributed by atoms with van der Waals surface area (Å²) in [7, 11) is 0. The van der Waals surface area contributed by atoms with Gasteiger partial charge in [-0.3, -0.25) is 4.79 Å². The highest BCUT2D eigenvalue weighted by atomic mass is 16.6. The van der Waals surface area contributed by atoms with Crippen molar-refractivity contribution in [2.24, 2.45) is 5.92 Å². The fourth-order valence-electron chi connectivity index (χ4n) is 2.83. The largest absolute Gasteiger partial charge is 0.459 e. The van der Waals surface area contributed by atoms with Gasteiger partial charge in [-0.1, -0.05) is 6.42 Å². The van der Waals surface area contributed by atoms with E-state index >= 15 is 0 Å². The second-order valence-corrected chi connectivity index (χ2v) is 4.28.